The van der Waals surface area contributed by atoms with Crippen LogP contribution >= 0.6 is 0 Å². The molecule has 0 fully saturated rings. The summed E-state index contributed by atoms with van der Waals surface area (Å²) in [5.74, 6) is 0.000739. The molecule has 3 aromatic rings. The van der Waals surface area contributed by atoms with Gasteiger partial charge in [0.05, 0.1) is 16.9 Å². The Bertz CT molecular complexity index is 954. The fraction of sp³-hybridized carbons (Fsp3) is 0.0625. The van der Waals surface area contributed by atoms with Crippen molar-refractivity contribution in [3.05, 3.63) is 54.4 Å². The van der Waals surface area contributed by atoms with E-state index in [2.05, 4.69) is 26.2 Å². The predicted molar refractivity (Wildman–Crippen MR) is 87.7 cm³/mol. The minimum Gasteiger partial charge on any atom is -0.482 e. The molecule has 0 saturated heterocycles. The van der Waals surface area contributed by atoms with Gasteiger partial charge in [0.15, 0.2) is 6.61 Å². The Labute approximate surface area is 141 Å². The van der Waals surface area contributed by atoms with Crippen molar-refractivity contribution in [1.29, 1.82) is 0 Å². The third-order valence-electron chi connectivity index (χ3n) is 3.61. The lowest BCUT2D eigenvalue weighted by Gasteiger charge is -2.18. The lowest BCUT2D eigenvalue weighted by Crippen LogP contribution is -2.25. The van der Waals surface area contributed by atoms with Crippen LogP contribution in [-0.4, -0.2) is 38.6 Å². The summed E-state index contributed by atoms with van der Waals surface area (Å²) >= 11 is 0. The van der Waals surface area contributed by atoms with Crippen LogP contribution in [0.25, 0.3) is 5.69 Å². The number of carbonyl (C=O) groups is 2. The number of para-hydroxylation sites is 1. The summed E-state index contributed by atoms with van der Waals surface area (Å²) in [5.41, 5.74) is 2.01. The van der Waals surface area contributed by atoms with Crippen LogP contribution in [0.1, 0.15) is 10.4 Å². The average Bonchev–Trinajstić information content (AvgIpc) is 3.16. The molecule has 1 aromatic heterocycles. The van der Waals surface area contributed by atoms with Crippen molar-refractivity contribution >= 4 is 23.2 Å². The lowest BCUT2D eigenvalue weighted by atomic mass is 10.1. The highest BCUT2D eigenvalue weighted by Gasteiger charge is 2.18. The van der Waals surface area contributed by atoms with Gasteiger partial charge in [-0.1, -0.05) is 12.1 Å². The fourth-order valence-corrected chi connectivity index (χ4v) is 2.50. The summed E-state index contributed by atoms with van der Waals surface area (Å²) in [6.07, 6.45) is 1.41. The van der Waals surface area contributed by atoms with E-state index in [0.717, 1.165) is 0 Å². The van der Waals surface area contributed by atoms with E-state index in [-0.39, 0.29) is 18.4 Å². The lowest BCUT2D eigenvalue weighted by molar-refractivity contribution is -0.118. The third-order valence-corrected chi connectivity index (χ3v) is 3.61. The van der Waals surface area contributed by atoms with Crippen LogP contribution in [0.2, 0.25) is 0 Å². The molecule has 0 bridgehead atoms. The van der Waals surface area contributed by atoms with Gasteiger partial charge in [0.1, 0.15) is 12.1 Å². The molecular weight excluding hydrogens is 324 g/mol. The number of aromatic nitrogens is 4. The smallest absolute Gasteiger partial charge is 0.262 e. The van der Waals surface area contributed by atoms with Crippen molar-refractivity contribution in [1.82, 2.24) is 20.2 Å². The first-order valence-corrected chi connectivity index (χ1v) is 7.41. The van der Waals surface area contributed by atoms with Crippen molar-refractivity contribution < 1.29 is 14.3 Å². The topological polar surface area (TPSA) is 111 Å². The molecule has 2 N–H and O–H groups in total. The maximum absolute atomic E-state index is 12.7. The number of hydrogen-bond acceptors (Lipinski definition) is 6. The number of benzene rings is 2. The summed E-state index contributed by atoms with van der Waals surface area (Å²) in [6, 6.07) is 12.0. The number of hydrogen-bond donors (Lipinski definition) is 2. The predicted octanol–water partition coefficient (Wildman–Crippen LogP) is 1.25. The third kappa shape index (κ3) is 2.90. The first-order valence-electron chi connectivity index (χ1n) is 7.41. The number of anilines is 2. The molecular formula is C16H12N6O3. The Balaban J connectivity index is 1.61. The number of tetrazole rings is 1. The minimum atomic E-state index is -0.325. The molecule has 0 radical (unpaired) electrons. The second kappa shape index (κ2) is 6.04. The zero-order chi connectivity index (χ0) is 17.2. The van der Waals surface area contributed by atoms with Crippen molar-refractivity contribution in [2.45, 2.75) is 0 Å². The summed E-state index contributed by atoms with van der Waals surface area (Å²) < 4.78 is 6.71. The highest BCUT2D eigenvalue weighted by molar-refractivity contribution is 6.07. The highest BCUT2D eigenvalue weighted by atomic mass is 16.5. The van der Waals surface area contributed by atoms with E-state index in [1.807, 2.05) is 0 Å². The second-order valence-electron chi connectivity index (χ2n) is 5.27. The maximum Gasteiger partial charge on any atom is 0.262 e. The Morgan fingerprint density at radius 1 is 1.24 bits per heavy atom. The summed E-state index contributed by atoms with van der Waals surface area (Å²) in [7, 11) is 0. The van der Waals surface area contributed by atoms with E-state index in [1.165, 1.54) is 11.0 Å². The zero-order valence-electron chi connectivity index (χ0n) is 12.8. The summed E-state index contributed by atoms with van der Waals surface area (Å²) in [4.78, 5) is 24.1. The van der Waals surface area contributed by atoms with Gasteiger partial charge in [-0.2, -0.15) is 4.68 Å². The largest absolute Gasteiger partial charge is 0.482 e. The average molecular weight is 336 g/mol. The van der Waals surface area contributed by atoms with Gasteiger partial charge in [-0.25, -0.2) is 0 Å². The Morgan fingerprint density at radius 3 is 2.96 bits per heavy atom. The molecule has 9 heteroatoms. The maximum atomic E-state index is 12.7. The molecule has 2 heterocycles. The Kier molecular flexibility index (Phi) is 3.58. The molecule has 2 aromatic carbocycles. The van der Waals surface area contributed by atoms with Gasteiger partial charge in [0, 0.05) is 5.69 Å². The van der Waals surface area contributed by atoms with Crippen LogP contribution in [0.3, 0.4) is 0 Å². The molecule has 9 nitrogen and oxygen atoms in total. The molecule has 4 rings (SSSR count). The van der Waals surface area contributed by atoms with Gasteiger partial charge >= 0.3 is 0 Å². The number of fused-ring (bicyclic) bond motifs is 1. The first-order chi connectivity index (χ1) is 12.2. The minimum absolute atomic E-state index is 0.0159. The van der Waals surface area contributed by atoms with Gasteiger partial charge in [-0.05, 0) is 40.8 Å². The molecule has 25 heavy (non-hydrogen) atoms. The molecule has 2 amide bonds. The Morgan fingerprint density at radius 2 is 2.12 bits per heavy atom. The highest BCUT2D eigenvalue weighted by Crippen LogP contribution is 2.30. The molecule has 124 valence electrons. The SMILES string of the molecule is O=C1COc2ccc(NC(=O)c3ccccc3-n3cnnn3)cc2N1. The molecule has 0 atom stereocenters. The van der Waals surface area contributed by atoms with Crippen LogP contribution < -0.4 is 15.4 Å². The van der Waals surface area contributed by atoms with Gasteiger partial charge in [0.2, 0.25) is 0 Å². The van der Waals surface area contributed by atoms with E-state index in [4.69, 9.17) is 4.74 Å². The number of nitrogens with one attached hydrogen (secondary N) is 2. The van der Waals surface area contributed by atoms with Crippen LogP contribution in [0.5, 0.6) is 5.75 Å². The zero-order valence-corrected chi connectivity index (χ0v) is 12.8. The van der Waals surface area contributed by atoms with E-state index < -0.39 is 0 Å². The van der Waals surface area contributed by atoms with Crippen LogP contribution in [0.4, 0.5) is 11.4 Å². The van der Waals surface area contributed by atoms with Gasteiger partial charge in [-0.15, -0.1) is 5.10 Å². The van der Waals surface area contributed by atoms with Gasteiger partial charge in [-0.3, -0.25) is 9.59 Å². The van der Waals surface area contributed by atoms with Crippen LogP contribution in [0.15, 0.2) is 48.8 Å². The van der Waals surface area contributed by atoms with E-state index in [1.54, 1.807) is 42.5 Å². The van der Waals surface area contributed by atoms with Crippen molar-refractivity contribution in [3.8, 4) is 11.4 Å². The fourth-order valence-electron chi connectivity index (χ4n) is 2.50. The number of carbonyl (C=O) groups excluding carboxylic acids is 2. The standard InChI is InChI=1S/C16H12N6O3/c23-15-8-25-14-6-5-10(7-12(14)19-15)18-16(24)11-3-1-2-4-13(11)22-9-17-20-21-22/h1-7,9H,8H2,(H,18,24)(H,19,23). The molecule has 1 aliphatic heterocycles. The molecule has 0 spiro atoms. The van der Waals surface area contributed by atoms with Crippen LogP contribution in [-0.2, 0) is 4.79 Å². The number of nitrogens with zero attached hydrogens (tertiary/aromatic N) is 4. The van der Waals surface area contributed by atoms with Crippen molar-refractivity contribution in [2.24, 2.45) is 0 Å². The van der Waals surface area contributed by atoms with Gasteiger partial charge < -0.3 is 15.4 Å². The van der Waals surface area contributed by atoms with Crippen molar-refractivity contribution in [3.63, 3.8) is 0 Å². The first kappa shape index (κ1) is 14.8. The quantitative estimate of drug-likeness (QED) is 0.744. The molecule has 0 saturated carbocycles. The Hall–Kier alpha value is -3.75. The second-order valence-corrected chi connectivity index (χ2v) is 5.27. The number of ether oxygens (including phenoxy) is 1. The summed E-state index contributed by atoms with van der Waals surface area (Å²) in [5, 5.41) is 16.5. The molecule has 1 aliphatic rings. The number of rotatable bonds is 3. The number of amides is 2. The summed E-state index contributed by atoms with van der Waals surface area (Å²) in [6.45, 7) is -0.0159. The molecule has 0 aliphatic carbocycles. The van der Waals surface area contributed by atoms with Crippen molar-refractivity contribution in [2.75, 3.05) is 17.2 Å². The van der Waals surface area contributed by atoms with E-state index in [0.29, 0.717) is 28.4 Å². The van der Waals surface area contributed by atoms with E-state index in [9.17, 15) is 9.59 Å². The van der Waals surface area contributed by atoms with Gasteiger partial charge in [0.25, 0.3) is 11.8 Å². The normalized spacial score (nSPS) is 12.7. The van der Waals surface area contributed by atoms with Crippen LogP contribution in [0, 0.1) is 0 Å². The monoisotopic (exact) mass is 336 g/mol. The molecule has 0 unspecified atom stereocenters. The van der Waals surface area contributed by atoms with E-state index >= 15 is 0 Å².